The van der Waals surface area contributed by atoms with Crippen LogP contribution < -0.4 is 4.74 Å². The Morgan fingerprint density at radius 1 is 1.36 bits per heavy atom. The molecule has 0 N–H and O–H groups in total. The number of thiazole rings is 1. The van der Waals surface area contributed by atoms with Crippen LogP contribution in [0, 0.1) is 12.8 Å². The molecule has 134 valence electrons. The Bertz CT molecular complexity index is 707. The summed E-state index contributed by atoms with van der Waals surface area (Å²) in [6.07, 6.45) is 3.04. The molecule has 0 radical (unpaired) electrons. The Morgan fingerprint density at radius 2 is 2.08 bits per heavy atom. The van der Waals surface area contributed by atoms with Crippen molar-refractivity contribution in [2.45, 2.75) is 59.2 Å². The van der Waals surface area contributed by atoms with Gasteiger partial charge in [0.2, 0.25) is 5.91 Å². The van der Waals surface area contributed by atoms with Crippen molar-refractivity contribution in [3.05, 3.63) is 45.9 Å². The highest BCUT2D eigenvalue weighted by atomic mass is 32.1. The van der Waals surface area contributed by atoms with Crippen molar-refractivity contribution in [3.8, 4) is 5.75 Å². The van der Waals surface area contributed by atoms with E-state index in [1.54, 1.807) is 11.3 Å². The molecule has 1 aromatic heterocycles. The Balaban J connectivity index is 1.59. The van der Waals surface area contributed by atoms with E-state index in [1.165, 1.54) is 5.56 Å². The van der Waals surface area contributed by atoms with E-state index in [4.69, 9.17) is 4.74 Å². The molecule has 4 nitrogen and oxygen atoms in total. The van der Waals surface area contributed by atoms with E-state index in [0.717, 1.165) is 35.7 Å². The van der Waals surface area contributed by atoms with Crippen LogP contribution in [-0.2, 0) is 17.9 Å². The second-order valence-corrected chi connectivity index (χ2v) is 7.77. The largest absolute Gasteiger partial charge is 0.486 e. The summed E-state index contributed by atoms with van der Waals surface area (Å²) in [5.74, 6) is 1.39. The van der Waals surface area contributed by atoms with Gasteiger partial charge in [0.1, 0.15) is 17.4 Å². The van der Waals surface area contributed by atoms with Gasteiger partial charge in [0, 0.05) is 17.3 Å². The first-order valence-corrected chi connectivity index (χ1v) is 9.88. The lowest BCUT2D eigenvalue weighted by molar-refractivity contribution is -0.135. The smallest absolute Gasteiger partial charge is 0.226 e. The fourth-order valence-electron chi connectivity index (χ4n) is 2.68. The molecular formula is C20H26N2O2S. The summed E-state index contributed by atoms with van der Waals surface area (Å²) >= 11 is 1.59. The van der Waals surface area contributed by atoms with Crippen LogP contribution in [0.2, 0.25) is 0 Å². The molecule has 2 aromatic rings. The van der Waals surface area contributed by atoms with Crippen LogP contribution in [0.3, 0.4) is 0 Å². The Kier molecular flexibility index (Phi) is 5.74. The minimum Gasteiger partial charge on any atom is -0.486 e. The van der Waals surface area contributed by atoms with E-state index >= 15 is 0 Å². The molecular weight excluding hydrogens is 332 g/mol. The van der Waals surface area contributed by atoms with E-state index in [-0.39, 0.29) is 12.0 Å². The molecule has 1 amide bonds. The predicted molar refractivity (Wildman–Crippen MR) is 101 cm³/mol. The number of hydrogen-bond donors (Lipinski definition) is 0. The molecule has 1 atom stereocenters. The molecule has 25 heavy (non-hydrogen) atoms. The van der Waals surface area contributed by atoms with E-state index in [1.807, 2.05) is 34.5 Å². The highest BCUT2D eigenvalue weighted by molar-refractivity contribution is 7.09. The van der Waals surface area contributed by atoms with Gasteiger partial charge in [0.15, 0.2) is 0 Å². The van der Waals surface area contributed by atoms with Gasteiger partial charge in [-0.15, -0.1) is 11.3 Å². The Morgan fingerprint density at radius 3 is 2.72 bits per heavy atom. The molecule has 5 heteroatoms. The van der Waals surface area contributed by atoms with Crippen molar-refractivity contribution in [3.63, 3.8) is 0 Å². The topological polar surface area (TPSA) is 42.4 Å². The highest BCUT2D eigenvalue weighted by Gasteiger charge is 2.35. The van der Waals surface area contributed by atoms with Gasteiger partial charge in [0.25, 0.3) is 0 Å². The number of rotatable bonds is 8. The van der Waals surface area contributed by atoms with Crippen molar-refractivity contribution in [1.29, 1.82) is 0 Å². The highest BCUT2D eigenvalue weighted by Crippen LogP contribution is 2.32. The van der Waals surface area contributed by atoms with E-state index in [9.17, 15) is 4.79 Å². The summed E-state index contributed by atoms with van der Waals surface area (Å²) in [5.41, 5.74) is 2.18. The van der Waals surface area contributed by atoms with Crippen LogP contribution in [0.5, 0.6) is 5.75 Å². The first-order valence-electron chi connectivity index (χ1n) is 9.00. The van der Waals surface area contributed by atoms with E-state index in [0.29, 0.717) is 19.1 Å². The van der Waals surface area contributed by atoms with Crippen molar-refractivity contribution >= 4 is 17.2 Å². The maximum atomic E-state index is 12.5. The molecule has 1 aromatic carbocycles. The molecule has 1 saturated carbocycles. The standard InChI is InChI=1S/C20H26N2O2S/c1-4-15(3)22(20(23)16-7-8-16)11-17-13-25-19(21-17)12-24-18-9-5-14(2)6-10-18/h5-6,9-10,13,15-16H,4,7-8,11-12H2,1-3H3/t15-/m1/s1. The monoisotopic (exact) mass is 358 g/mol. The number of ether oxygens (including phenoxy) is 1. The number of aryl methyl sites for hydroxylation is 1. The lowest BCUT2D eigenvalue weighted by Gasteiger charge is -2.28. The van der Waals surface area contributed by atoms with Gasteiger partial charge in [-0.2, -0.15) is 0 Å². The van der Waals surface area contributed by atoms with Crippen LogP contribution in [-0.4, -0.2) is 21.8 Å². The Hall–Kier alpha value is -1.88. The van der Waals surface area contributed by atoms with Crippen LogP contribution in [0.1, 0.15) is 49.4 Å². The summed E-state index contributed by atoms with van der Waals surface area (Å²) in [5, 5.41) is 2.99. The van der Waals surface area contributed by atoms with Crippen LogP contribution in [0.4, 0.5) is 0 Å². The predicted octanol–water partition coefficient (Wildman–Crippen LogP) is 4.57. The number of carbonyl (C=O) groups excluding carboxylic acids is 1. The fourth-order valence-corrected chi connectivity index (χ4v) is 3.37. The Labute approximate surface area is 153 Å². The maximum absolute atomic E-state index is 12.5. The number of nitrogens with zero attached hydrogens (tertiary/aromatic N) is 2. The van der Waals surface area contributed by atoms with Crippen LogP contribution in [0.15, 0.2) is 29.6 Å². The van der Waals surface area contributed by atoms with Crippen molar-refractivity contribution in [2.24, 2.45) is 5.92 Å². The summed E-state index contributed by atoms with van der Waals surface area (Å²) in [6, 6.07) is 8.28. The SMILES string of the molecule is CC[C@@H](C)N(Cc1csc(COc2ccc(C)cc2)n1)C(=O)C1CC1. The van der Waals surface area contributed by atoms with Gasteiger partial charge in [-0.05, 0) is 45.2 Å². The van der Waals surface area contributed by atoms with E-state index < -0.39 is 0 Å². The lowest BCUT2D eigenvalue weighted by atomic mass is 10.2. The molecule has 1 fully saturated rings. The normalized spacial score (nSPS) is 15.0. The molecule has 1 aliphatic rings. The second kappa shape index (κ2) is 8.00. The lowest BCUT2D eigenvalue weighted by Crippen LogP contribution is -2.38. The van der Waals surface area contributed by atoms with Crippen molar-refractivity contribution in [2.75, 3.05) is 0 Å². The number of amides is 1. The van der Waals surface area contributed by atoms with Gasteiger partial charge in [0.05, 0.1) is 12.2 Å². The van der Waals surface area contributed by atoms with Gasteiger partial charge in [-0.25, -0.2) is 4.98 Å². The molecule has 3 rings (SSSR count). The first kappa shape index (κ1) is 17.9. The minimum absolute atomic E-state index is 0.247. The average molecular weight is 359 g/mol. The van der Waals surface area contributed by atoms with E-state index in [2.05, 4.69) is 25.8 Å². The fraction of sp³-hybridized carbons (Fsp3) is 0.500. The third-order valence-electron chi connectivity index (χ3n) is 4.65. The number of carbonyl (C=O) groups is 1. The molecule has 1 aliphatic carbocycles. The second-order valence-electron chi connectivity index (χ2n) is 6.83. The van der Waals surface area contributed by atoms with Gasteiger partial charge < -0.3 is 9.64 Å². The van der Waals surface area contributed by atoms with Crippen molar-refractivity contribution in [1.82, 2.24) is 9.88 Å². The third-order valence-corrected chi connectivity index (χ3v) is 5.52. The van der Waals surface area contributed by atoms with Gasteiger partial charge in [-0.3, -0.25) is 4.79 Å². The summed E-state index contributed by atoms with van der Waals surface area (Å²) in [7, 11) is 0. The molecule has 0 spiro atoms. The molecule has 1 heterocycles. The molecule has 0 aliphatic heterocycles. The summed E-state index contributed by atoms with van der Waals surface area (Å²) < 4.78 is 5.80. The average Bonchev–Trinajstić information content (AvgIpc) is 3.38. The van der Waals surface area contributed by atoms with Crippen molar-refractivity contribution < 1.29 is 9.53 Å². The molecule has 0 saturated heterocycles. The van der Waals surface area contributed by atoms with Gasteiger partial charge in [-0.1, -0.05) is 24.6 Å². The summed E-state index contributed by atoms with van der Waals surface area (Å²) in [6.45, 7) is 7.37. The summed E-state index contributed by atoms with van der Waals surface area (Å²) in [4.78, 5) is 19.2. The number of aromatic nitrogens is 1. The molecule has 0 bridgehead atoms. The quantitative estimate of drug-likeness (QED) is 0.694. The van der Waals surface area contributed by atoms with Crippen LogP contribution >= 0.6 is 11.3 Å². The van der Waals surface area contributed by atoms with Gasteiger partial charge >= 0.3 is 0 Å². The third kappa shape index (κ3) is 4.82. The first-order chi connectivity index (χ1) is 12.1. The minimum atomic E-state index is 0.247. The molecule has 0 unspecified atom stereocenters. The zero-order chi connectivity index (χ0) is 17.8. The zero-order valence-corrected chi connectivity index (χ0v) is 16.0. The number of benzene rings is 1. The zero-order valence-electron chi connectivity index (χ0n) is 15.2. The maximum Gasteiger partial charge on any atom is 0.226 e. The number of hydrogen-bond acceptors (Lipinski definition) is 4. The van der Waals surface area contributed by atoms with Crippen LogP contribution in [0.25, 0.3) is 0 Å².